The number of aromatic hydroxyl groups is 1. The zero-order valence-corrected chi connectivity index (χ0v) is 10.5. The van der Waals surface area contributed by atoms with Crippen LogP contribution in [0.25, 0.3) is 0 Å². The standard InChI is InChI=1S/C9H9ClINO3/c10-12-7(9(14)15)4-5-1-2-8(13)6(11)3-5/h1-3,7,12-13H,4H2,(H,14,15)/t7-/m0/s1. The molecule has 15 heavy (non-hydrogen) atoms. The van der Waals surface area contributed by atoms with Crippen molar-refractivity contribution in [1.29, 1.82) is 0 Å². The van der Waals surface area contributed by atoms with Gasteiger partial charge in [0.1, 0.15) is 11.8 Å². The molecule has 0 aliphatic heterocycles. The molecule has 3 N–H and O–H groups in total. The zero-order chi connectivity index (χ0) is 11.4. The highest BCUT2D eigenvalue weighted by atomic mass is 127. The number of halogens is 2. The number of phenols is 1. The third-order valence-electron chi connectivity index (χ3n) is 1.88. The molecule has 0 aliphatic carbocycles. The first-order chi connectivity index (χ1) is 7.04. The van der Waals surface area contributed by atoms with Crippen LogP contribution in [0, 0.1) is 3.57 Å². The fraction of sp³-hybridized carbons (Fsp3) is 0.222. The van der Waals surface area contributed by atoms with Crippen LogP contribution in [0.5, 0.6) is 5.75 Å². The molecule has 1 rings (SSSR count). The number of carboxylic acids is 1. The van der Waals surface area contributed by atoms with Crippen molar-refractivity contribution < 1.29 is 15.0 Å². The number of aliphatic carboxylic acids is 1. The Balaban J connectivity index is 2.80. The van der Waals surface area contributed by atoms with E-state index in [2.05, 4.69) is 4.84 Å². The lowest BCUT2D eigenvalue weighted by Gasteiger charge is -2.10. The van der Waals surface area contributed by atoms with Gasteiger partial charge in [-0.1, -0.05) is 6.07 Å². The Morgan fingerprint density at radius 3 is 2.73 bits per heavy atom. The number of hydrogen-bond donors (Lipinski definition) is 3. The molecule has 6 heteroatoms. The molecule has 0 aromatic heterocycles. The molecule has 0 radical (unpaired) electrons. The summed E-state index contributed by atoms with van der Waals surface area (Å²) >= 11 is 7.28. The minimum atomic E-state index is -1.01. The molecular weight excluding hydrogens is 332 g/mol. The summed E-state index contributed by atoms with van der Waals surface area (Å²) in [6, 6.07) is 4.10. The van der Waals surface area contributed by atoms with E-state index in [1.807, 2.05) is 22.6 Å². The second kappa shape index (κ2) is 5.53. The van der Waals surface area contributed by atoms with Crippen molar-refractivity contribution in [1.82, 2.24) is 4.84 Å². The van der Waals surface area contributed by atoms with E-state index in [0.717, 1.165) is 5.56 Å². The fourth-order valence-corrected chi connectivity index (χ4v) is 1.84. The molecule has 0 heterocycles. The lowest BCUT2D eigenvalue weighted by molar-refractivity contribution is -0.138. The van der Waals surface area contributed by atoms with Gasteiger partial charge < -0.3 is 10.2 Å². The molecule has 0 saturated heterocycles. The van der Waals surface area contributed by atoms with Crippen LogP contribution in [0.3, 0.4) is 0 Å². The average molecular weight is 342 g/mol. The van der Waals surface area contributed by atoms with Gasteiger partial charge in [0.2, 0.25) is 0 Å². The molecule has 1 aromatic rings. The highest BCUT2D eigenvalue weighted by Gasteiger charge is 2.16. The predicted octanol–water partition coefficient (Wildman–Crippen LogP) is 1.74. The Labute approximate surface area is 106 Å². The molecule has 0 unspecified atom stereocenters. The number of carbonyl (C=O) groups is 1. The highest BCUT2D eigenvalue weighted by molar-refractivity contribution is 14.1. The summed E-state index contributed by atoms with van der Waals surface area (Å²) in [5, 5.41) is 18.0. The van der Waals surface area contributed by atoms with Crippen molar-refractivity contribution in [2.24, 2.45) is 0 Å². The smallest absolute Gasteiger partial charge is 0.322 e. The van der Waals surface area contributed by atoms with Gasteiger partial charge in [0, 0.05) is 0 Å². The second-order valence-electron chi connectivity index (χ2n) is 2.99. The molecule has 0 spiro atoms. The minimum absolute atomic E-state index is 0.185. The number of nitrogens with one attached hydrogen (secondary N) is 1. The molecular formula is C9H9ClINO3. The van der Waals surface area contributed by atoms with Crippen LogP contribution < -0.4 is 4.84 Å². The number of rotatable bonds is 4. The fourth-order valence-electron chi connectivity index (χ4n) is 1.09. The second-order valence-corrected chi connectivity index (χ2v) is 4.37. The van der Waals surface area contributed by atoms with Crippen molar-refractivity contribution in [3.63, 3.8) is 0 Å². The third kappa shape index (κ3) is 3.51. The SMILES string of the molecule is O=C(O)[C@H](Cc1ccc(O)c(I)c1)NCl. The highest BCUT2D eigenvalue weighted by Crippen LogP contribution is 2.20. The van der Waals surface area contributed by atoms with Crippen LogP contribution in [0.2, 0.25) is 0 Å². The van der Waals surface area contributed by atoms with E-state index in [4.69, 9.17) is 16.9 Å². The van der Waals surface area contributed by atoms with Crippen molar-refractivity contribution in [2.45, 2.75) is 12.5 Å². The van der Waals surface area contributed by atoms with Crippen molar-refractivity contribution in [3.8, 4) is 5.75 Å². The summed E-state index contributed by atoms with van der Waals surface area (Å²) < 4.78 is 0.684. The molecule has 0 bridgehead atoms. The minimum Gasteiger partial charge on any atom is -0.507 e. The first kappa shape index (κ1) is 12.5. The predicted molar refractivity (Wildman–Crippen MR) is 64.9 cm³/mol. The van der Waals surface area contributed by atoms with Crippen LogP contribution in [-0.4, -0.2) is 22.2 Å². The van der Waals surface area contributed by atoms with Gasteiger partial charge in [-0.2, -0.15) is 0 Å². The lowest BCUT2D eigenvalue weighted by Crippen LogP contribution is -2.32. The maximum Gasteiger partial charge on any atom is 0.322 e. The van der Waals surface area contributed by atoms with Crippen molar-refractivity contribution in [3.05, 3.63) is 27.3 Å². The van der Waals surface area contributed by atoms with E-state index in [0.29, 0.717) is 3.57 Å². The van der Waals surface area contributed by atoms with E-state index in [1.54, 1.807) is 12.1 Å². The van der Waals surface area contributed by atoms with Crippen LogP contribution in [0.15, 0.2) is 18.2 Å². The number of phenolic OH excluding ortho intramolecular Hbond substituents is 1. The Morgan fingerprint density at radius 2 is 2.27 bits per heavy atom. The molecule has 0 fully saturated rings. The normalized spacial score (nSPS) is 12.4. The van der Waals surface area contributed by atoms with Crippen LogP contribution in [0.4, 0.5) is 0 Å². The van der Waals surface area contributed by atoms with Gasteiger partial charge >= 0.3 is 5.97 Å². The van der Waals surface area contributed by atoms with Crippen LogP contribution in [-0.2, 0) is 11.2 Å². The molecule has 1 atom stereocenters. The summed E-state index contributed by atoms with van der Waals surface area (Å²) in [5.74, 6) is -0.821. The first-order valence-corrected chi connectivity index (χ1v) is 5.56. The number of benzene rings is 1. The summed E-state index contributed by atoms with van der Waals surface area (Å²) in [7, 11) is 0. The van der Waals surface area contributed by atoms with Crippen LogP contribution in [0.1, 0.15) is 5.56 Å². The van der Waals surface area contributed by atoms with Gasteiger partial charge in [0.25, 0.3) is 0 Å². The third-order valence-corrected chi connectivity index (χ3v) is 3.01. The maximum atomic E-state index is 10.7. The molecule has 0 saturated carbocycles. The largest absolute Gasteiger partial charge is 0.507 e. The summed E-state index contributed by atoms with van der Waals surface area (Å²) in [6.45, 7) is 0. The van der Waals surface area contributed by atoms with Gasteiger partial charge in [0.05, 0.1) is 3.57 Å². The molecule has 0 amide bonds. The maximum absolute atomic E-state index is 10.7. The van der Waals surface area contributed by atoms with E-state index < -0.39 is 12.0 Å². The van der Waals surface area contributed by atoms with Gasteiger partial charge in [-0.15, -0.1) is 0 Å². The average Bonchev–Trinajstić information content (AvgIpc) is 2.19. The van der Waals surface area contributed by atoms with E-state index in [-0.39, 0.29) is 12.2 Å². The lowest BCUT2D eigenvalue weighted by atomic mass is 10.1. The van der Waals surface area contributed by atoms with Crippen molar-refractivity contribution >= 4 is 40.3 Å². The van der Waals surface area contributed by atoms with E-state index >= 15 is 0 Å². The van der Waals surface area contributed by atoms with Crippen molar-refractivity contribution in [2.75, 3.05) is 0 Å². The van der Waals surface area contributed by atoms with Gasteiger partial charge in [-0.05, 0) is 58.5 Å². The molecule has 4 nitrogen and oxygen atoms in total. The summed E-state index contributed by atoms with van der Waals surface area (Å²) in [4.78, 5) is 12.9. The molecule has 82 valence electrons. The number of hydrogen-bond acceptors (Lipinski definition) is 3. The Bertz CT molecular complexity index is 372. The Hall–Kier alpha value is -0.530. The quantitative estimate of drug-likeness (QED) is 0.576. The Kier molecular flexibility index (Phi) is 4.62. The van der Waals surface area contributed by atoms with Crippen LogP contribution >= 0.6 is 34.4 Å². The molecule has 0 aliphatic rings. The Morgan fingerprint density at radius 1 is 1.60 bits per heavy atom. The molecule has 1 aromatic carbocycles. The summed E-state index contributed by atoms with van der Waals surface area (Å²) in [6.07, 6.45) is 0.273. The topological polar surface area (TPSA) is 69.6 Å². The number of carboxylic acid groups (broad SMARTS) is 1. The van der Waals surface area contributed by atoms with Gasteiger partial charge in [0.15, 0.2) is 0 Å². The van der Waals surface area contributed by atoms with E-state index in [9.17, 15) is 9.90 Å². The van der Waals surface area contributed by atoms with Gasteiger partial charge in [-0.3, -0.25) is 4.79 Å². The first-order valence-electron chi connectivity index (χ1n) is 4.11. The van der Waals surface area contributed by atoms with E-state index in [1.165, 1.54) is 6.07 Å². The zero-order valence-electron chi connectivity index (χ0n) is 7.58. The summed E-state index contributed by atoms with van der Waals surface area (Å²) in [5.41, 5.74) is 0.803. The van der Waals surface area contributed by atoms with Gasteiger partial charge in [-0.25, -0.2) is 4.84 Å². The monoisotopic (exact) mass is 341 g/mol.